The summed E-state index contributed by atoms with van der Waals surface area (Å²) in [4.78, 5) is 20.5. The maximum absolute atomic E-state index is 11.2. The monoisotopic (exact) mass is 261 g/mol. The number of hydrogen-bond acceptors (Lipinski definition) is 4. The summed E-state index contributed by atoms with van der Waals surface area (Å²) >= 11 is 0. The van der Waals surface area contributed by atoms with Crippen molar-refractivity contribution in [2.45, 2.75) is 12.6 Å². The van der Waals surface area contributed by atoms with Crippen LogP contribution in [0.4, 0.5) is 0 Å². The molecule has 6 heteroatoms. The van der Waals surface area contributed by atoms with Crippen LogP contribution in [-0.4, -0.2) is 51.7 Å². The smallest absolute Gasteiger partial charge is 0.323 e. The standard InChI is InChI=1S/C13H15N3O3/c17-13(18)11-8-19-5-4-16(11)7-9-6-15-12-10(9)2-1-3-14-12/h1-3,6,11H,4-5,7-8H2,(H,14,15)(H,17,18). The van der Waals surface area contributed by atoms with Crippen molar-refractivity contribution in [3.8, 4) is 0 Å². The van der Waals surface area contributed by atoms with Crippen LogP contribution in [0.2, 0.25) is 0 Å². The predicted octanol–water partition coefficient (Wildman–Crippen LogP) is 0.848. The van der Waals surface area contributed by atoms with E-state index in [4.69, 9.17) is 4.74 Å². The first-order valence-corrected chi connectivity index (χ1v) is 6.21. The Hall–Kier alpha value is -1.92. The molecule has 0 radical (unpaired) electrons. The van der Waals surface area contributed by atoms with E-state index in [2.05, 4.69) is 9.97 Å². The zero-order valence-corrected chi connectivity index (χ0v) is 10.4. The molecular weight excluding hydrogens is 246 g/mol. The minimum absolute atomic E-state index is 0.246. The summed E-state index contributed by atoms with van der Waals surface area (Å²) in [5.41, 5.74) is 1.90. The number of carboxylic acid groups (broad SMARTS) is 1. The molecule has 0 saturated carbocycles. The molecule has 1 aliphatic rings. The molecule has 0 spiro atoms. The first-order chi connectivity index (χ1) is 9.25. The maximum atomic E-state index is 11.2. The molecule has 0 bridgehead atoms. The fourth-order valence-electron chi connectivity index (χ4n) is 2.42. The van der Waals surface area contributed by atoms with Crippen molar-refractivity contribution in [2.75, 3.05) is 19.8 Å². The Bertz CT molecular complexity index is 596. The van der Waals surface area contributed by atoms with Gasteiger partial charge in [-0.3, -0.25) is 9.69 Å². The number of nitrogens with zero attached hydrogens (tertiary/aromatic N) is 2. The number of nitrogens with one attached hydrogen (secondary N) is 1. The van der Waals surface area contributed by atoms with Crippen LogP contribution in [0.1, 0.15) is 5.56 Å². The molecule has 0 aliphatic carbocycles. The number of carbonyl (C=O) groups is 1. The van der Waals surface area contributed by atoms with Crippen LogP contribution < -0.4 is 0 Å². The van der Waals surface area contributed by atoms with Crippen molar-refractivity contribution >= 4 is 17.0 Å². The number of aliphatic carboxylic acids is 1. The summed E-state index contributed by atoms with van der Waals surface area (Å²) in [6, 6.07) is 3.30. The quantitative estimate of drug-likeness (QED) is 0.856. The molecule has 1 fully saturated rings. The molecule has 1 saturated heterocycles. The predicted molar refractivity (Wildman–Crippen MR) is 68.7 cm³/mol. The number of H-pyrrole nitrogens is 1. The number of aromatic amines is 1. The lowest BCUT2D eigenvalue weighted by Crippen LogP contribution is -2.49. The second-order valence-corrected chi connectivity index (χ2v) is 4.61. The van der Waals surface area contributed by atoms with E-state index in [1.807, 2.05) is 23.2 Å². The number of rotatable bonds is 3. The van der Waals surface area contributed by atoms with Gasteiger partial charge in [0.15, 0.2) is 0 Å². The highest BCUT2D eigenvalue weighted by Gasteiger charge is 2.29. The topological polar surface area (TPSA) is 78.5 Å². The summed E-state index contributed by atoms with van der Waals surface area (Å²) < 4.78 is 5.24. The zero-order valence-electron chi connectivity index (χ0n) is 10.4. The molecule has 2 aromatic heterocycles. The van der Waals surface area contributed by atoms with E-state index in [1.54, 1.807) is 6.20 Å². The number of carboxylic acids is 1. The van der Waals surface area contributed by atoms with Gasteiger partial charge in [-0.2, -0.15) is 0 Å². The molecule has 3 heterocycles. The van der Waals surface area contributed by atoms with Gasteiger partial charge in [-0.25, -0.2) is 4.98 Å². The number of ether oxygens (including phenoxy) is 1. The molecule has 1 atom stereocenters. The summed E-state index contributed by atoms with van der Waals surface area (Å²) in [5, 5.41) is 10.2. The number of hydrogen-bond donors (Lipinski definition) is 2. The fourth-order valence-corrected chi connectivity index (χ4v) is 2.42. The van der Waals surface area contributed by atoms with Crippen molar-refractivity contribution in [3.63, 3.8) is 0 Å². The van der Waals surface area contributed by atoms with E-state index in [9.17, 15) is 9.90 Å². The Morgan fingerprint density at radius 2 is 2.53 bits per heavy atom. The third-order valence-electron chi connectivity index (χ3n) is 3.43. The number of aromatic nitrogens is 2. The third kappa shape index (κ3) is 2.32. The highest BCUT2D eigenvalue weighted by Crippen LogP contribution is 2.19. The Labute approximate surface area is 110 Å². The van der Waals surface area contributed by atoms with Gasteiger partial charge in [0, 0.05) is 30.9 Å². The van der Waals surface area contributed by atoms with Gasteiger partial charge in [-0.15, -0.1) is 0 Å². The summed E-state index contributed by atoms with van der Waals surface area (Å²) in [6.07, 6.45) is 3.63. The average molecular weight is 261 g/mol. The summed E-state index contributed by atoms with van der Waals surface area (Å²) in [6.45, 7) is 2.04. The van der Waals surface area contributed by atoms with Crippen LogP contribution in [-0.2, 0) is 16.1 Å². The molecule has 1 unspecified atom stereocenters. The van der Waals surface area contributed by atoms with Gasteiger partial charge in [-0.05, 0) is 17.7 Å². The van der Waals surface area contributed by atoms with Crippen molar-refractivity contribution < 1.29 is 14.6 Å². The Kier molecular flexibility index (Phi) is 3.18. The van der Waals surface area contributed by atoms with Gasteiger partial charge in [0.2, 0.25) is 0 Å². The molecule has 6 nitrogen and oxygen atoms in total. The van der Waals surface area contributed by atoms with Crippen LogP contribution >= 0.6 is 0 Å². The van der Waals surface area contributed by atoms with E-state index < -0.39 is 12.0 Å². The van der Waals surface area contributed by atoms with Gasteiger partial charge in [0.05, 0.1) is 13.2 Å². The van der Waals surface area contributed by atoms with Crippen molar-refractivity contribution in [3.05, 3.63) is 30.1 Å². The largest absolute Gasteiger partial charge is 0.480 e. The lowest BCUT2D eigenvalue weighted by atomic mass is 10.1. The van der Waals surface area contributed by atoms with Crippen molar-refractivity contribution in [1.29, 1.82) is 0 Å². The van der Waals surface area contributed by atoms with Crippen molar-refractivity contribution in [2.24, 2.45) is 0 Å². The van der Waals surface area contributed by atoms with E-state index in [-0.39, 0.29) is 6.61 Å². The first kappa shape index (κ1) is 12.1. The molecule has 2 aromatic rings. The van der Waals surface area contributed by atoms with Gasteiger partial charge >= 0.3 is 5.97 Å². The number of morpholine rings is 1. The minimum atomic E-state index is -0.835. The highest BCUT2D eigenvalue weighted by molar-refractivity contribution is 5.79. The highest BCUT2D eigenvalue weighted by atomic mass is 16.5. The van der Waals surface area contributed by atoms with Gasteiger partial charge in [0.1, 0.15) is 11.7 Å². The van der Waals surface area contributed by atoms with E-state index >= 15 is 0 Å². The summed E-state index contributed by atoms with van der Waals surface area (Å²) in [7, 11) is 0. The molecule has 100 valence electrons. The maximum Gasteiger partial charge on any atom is 0.323 e. The van der Waals surface area contributed by atoms with Gasteiger partial charge < -0.3 is 14.8 Å². The molecule has 1 aliphatic heterocycles. The van der Waals surface area contributed by atoms with Crippen molar-refractivity contribution in [1.82, 2.24) is 14.9 Å². The Morgan fingerprint density at radius 1 is 1.63 bits per heavy atom. The average Bonchev–Trinajstić information content (AvgIpc) is 2.83. The number of pyridine rings is 1. The van der Waals surface area contributed by atoms with Crippen LogP contribution in [0.3, 0.4) is 0 Å². The van der Waals surface area contributed by atoms with E-state index in [0.717, 1.165) is 16.6 Å². The third-order valence-corrected chi connectivity index (χ3v) is 3.43. The fraction of sp³-hybridized carbons (Fsp3) is 0.385. The Balaban J connectivity index is 1.85. The minimum Gasteiger partial charge on any atom is -0.480 e. The lowest BCUT2D eigenvalue weighted by molar-refractivity contribution is -0.150. The molecule has 19 heavy (non-hydrogen) atoms. The van der Waals surface area contributed by atoms with Crippen LogP contribution in [0.25, 0.3) is 11.0 Å². The number of fused-ring (bicyclic) bond motifs is 1. The van der Waals surface area contributed by atoms with Crippen LogP contribution in [0, 0.1) is 0 Å². The van der Waals surface area contributed by atoms with Crippen LogP contribution in [0.15, 0.2) is 24.5 Å². The summed E-state index contributed by atoms with van der Waals surface area (Å²) in [5.74, 6) is -0.835. The molecular formula is C13H15N3O3. The molecule has 0 aromatic carbocycles. The molecule has 3 rings (SSSR count). The zero-order chi connectivity index (χ0) is 13.2. The first-order valence-electron chi connectivity index (χ1n) is 6.21. The molecule has 0 amide bonds. The van der Waals surface area contributed by atoms with E-state index in [0.29, 0.717) is 19.7 Å². The second-order valence-electron chi connectivity index (χ2n) is 4.61. The molecule has 2 N–H and O–H groups in total. The van der Waals surface area contributed by atoms with Crippen LogP contribution in [0.5, 0.6) is 0 Å². The normalized spacial score (nSPS) is 20.7. The van der Waals surface area contributed by atoms with Gasteiger partial charge in [-0.1, -0.05) is 0 Å². The second kappa shape index (κ2) is 4.99. The Morgan fingerprint density at radius 3 is 3.37 bits per heavy atom. The van der Waals surface area contributed by atoms with E-state index in [1.165, 1.54) is 0 Å². The van der Waals surface area contributed by atoms with Gasteiger partial charge in [0.25, 0.3) is 0 Å². The lowest BCUT2D eigenvalue weighted by Gasteiger charge is -2.32. The SMILES string of the molecule is O=C(O)C1COCCN1Cc1c[nH]c2ncccc12.